The van der Waals surface area contributed by atoms with Crippen molar-refractivity contribution in [2.75, 3.05) is 11.4 Å². The second kappa shape index (κ2) is 14.3. The molecule has 11 heteroatoms. The summed E-state index contributed by atoms with van der Waals surface area (Å²) in [6.45, 7) is 0.557. The molecule has 4 N–H and O–H groups in total. The fourth-order valence-corrected chi connectivity index (χ4v) is 3.42. The Balaban J connectivity index is 0.000000307. The third kappa shape index (κ3) is 8.67. The summed E-state index contributed by atoms with van der Waals surface area (Å²) in [5, 5.41) is 23.4. The van der Waals surface area contributed by atoms with Crippen LogP contribution in [-0.4, -0.2) is 33.7 Å². The molecule has 4 rings (SSSR count). The summed E-state index contributed by atoms with van der Waals surface area (Å²) in [5.74, 6) is 5.00. The predicted molar refractivity (Wildman–Crippen MR) is 148 cm³/mol. The molecule has 4 aromatic rings. The standard InChI is InChI=1S/C21H13FN2O4.C8H11N3O/c22-17-10-7-15(8-11-17)6-9-16-14-19(12-13-20(16)24(27)28)23(21(25)26)18-4-2-1-3-5-18;9-8(12)11-5-3-7-2-1-4-10-6-7/h1-5,7-8,10-14H,(H,25,26);1-2,4,6H,3,5H2,(H3,9,11,12). The Hall–Kier alpha value is -5.76. The second-order valence-corrected chi connectivity index (χ2v) is 8.07. The lowest BCUT2D eigenvalue weighted by molar-refractivity contribution is -0.385. The van der Waals surface area contributed by atoms with Gasteiger partial charge in [0, 0.05) is 30.6 Å². The van der Waals surface area contributed by atoms with Crippen LogP contribution in [0.15, 0.2) is 97.3 Å². The summed E-state index contributed by atoms with van der Waals surface area (Å²) in [6.07, 6.45) is 3.00. The molecule has 3 amide bonds. The fourth-order valence-electron chi connectivity index (χ4n) is 3.42. The van der Waals surface area contributed by atoms with E-state index in [1.807, 2.05) is 12.1 Å². The Kier molecular flexibility index (Phi) is 10.3. The summed E-state index contributed by atoms with van der Waals surface area (Å²) in [6, 6.07) is 20.9. The van der Waals surface area contributed by atoms with Gasteiger partial charge in [-0.1, -0.05) is 36.1 Å². The molecular formula is C29H24FN5O5. The summed E-state index contributed by atoms with van der Waals surface area (Å²) in [7, 11) is 0. The molecule has 0 saturated carbocycles. The maximum Gasteiger partial charge on any atom is 0.416 e. The predicted octanol–water partition coefficient (Wildman–Crippen LogP) is 5.24. The minimum Gasteiger partial charge on any atom is -0.464 e. The van der Waals surface area contributed by atoms with Crippen molar-refractivity contribution >= 4 is 29.2 Å². The number of carbonyl (C=O) groups excluding carboxylic acids is 1. The number of aromatic nitrogens is 1. The number of urea groups is 1. The summed E-state index contributed by atoms with van der Waals surface area (Å²) < 4.78 is 13.0. The van der Waals surface area contributed by atoms with Gasteiger partial charge in [-0.3, -0.25) is 15.1 Å². The average Bonchev–Trinajstić information content (AvgIpc) is 2.94. The van der Waals surface area contributed by atoms with Crippen molar-refractivity contribution in [3.05, 3.63) is 130 Å². The van der Waals surface area contributed by atoms with E-state index >= 15 is 0 Å². The monoisotopic (exact) mass is 541 g/mol. The first-order chi connectivity index (χ1) is 19.2. The van der Waals surface area contributed by atoms with E-state index in [2.05, 4.69) is 22.1 Å². The fraction of sp³-hybridized carbons (Fsp3) is 0.0690. The Labute approximate surface area is 229 Å². The number of nitrogens with one attached hydrogen (secondary N) is 1. The number of anilines is 2. The number of primary amides is 1. The zero-order valence-electron chi connectivity index (χ0n) is 21.0. The Morgan fingerprint density at radius 2 is 1.73 bits per heavy atom. The molecule has 3 aromatic carbocycles. The van der Waals surface area contributed by atoms with Gasteiger partial charge in [0.05, 0.1) is 16.3 Å². The molecular weight excluding hydrogens is 517 g/mol. The molecule has 0 aliphatic heterocycles. The lowest BCUT2D eigenvalue weighted by Crippen LogP contribution is -2.30. The second-order valence-electron chi connectivity index (χ2n) is 8.07. The molecule has 0 aliphatic carbocycles. The van der Waals surface area contributed by atoms with E-state index in [4.69, 9.17) is 5.73 Å². The largest absolute Gasteiger partial charge is 0.464 e. The first-order valence-electron chi connectivity index (χ1n) is 11.8. The number of nitrogens with two attached hydrogens (primary N) is 1. The van der Waals surface area contributed by atoms with Gasteiger partial charge in [-0.25, -0.2) is 18.9 Å². The minimum absolute atomic E-state index is 0.0500. The van der Waals surface area contributed by atoms with E-state index in [0.717, 1.165) is 16.9 Å². The Bertz CT molecular complexity index is 1520. The van der Waals surface area contributed by atoms with Crippen LogP contribution >= 0.6 is 0 Å². The number of benzene rings is 3. The van der Waals surface area contributed by atoms with Crippen LogP contribution in [0.25, 0.3) is 0 Å². The summed E-state index contributed by atoms with van der Waals surface area (Å²) in [5.41, 5.74) is 6.85. The van der Waals surface area contributed by atoms with Crippen LogP contribution in [0.5, 0.6) is 0 Å². The number of para-hydroxylation sites is 1. The highest BCUT2D eigenvalue weighted by atomic mass is 19.1. The van der Waals surface area contributed by atoms with Gasteiger partial charge in [0.15, 0.2) is 0 Å². The van der Waals surface area contributed by atoms with E-state index in [-0.39, 0.29) is 16.9 Å². The molecule has 202 valence electrons. The van der Waals surface area contributed by atoms with Crippen molar-refractivity contribution < 1.29 is 24.0 Å². The molecule has 0 atom stereocenters. The number of hydrogen-bond donors (Lipinski definition) is 3. The van der Waals surface area contributed by atoms with Gasteiger partial charge in [-0.2, -0.15) is 0 Å². The van der Waals surface area contributed by atoms with E-state index in [0.29, 0.717) is 17.8 Å². The maximum absolute atomic E-state index is 13.0. The number of carbonyl (C=O) groups is 2. The molecule has 1 aromatic heterocycles. The molecule has 40 heavy (non-hydrogen) atoms. The minimum atomic E-state index is -1.24. The molecule has 0 unspecified atom stereocenters. The van der Waals surface area contributed by atoms with Crippen molar-refractivity contribution in [3.63, 3.8) is 0 Å². The van der Waals surface area contributed by atoms with Crippen LogP contribution < -0.4 is 16.0 Å². The van der Waals surface area contributed by atoms with Crippen LogP contribution in [0.2, 0.25) is 0 Å². The first kappa shape index (κ1) is 28.8. The van der Waals surface area contributed by atoms with Crippen LogP contribution in [0.3, 0.4) is 0 Å². The van der Waals surface area contributed by atoms with Gasteiger partial charge >= 0.3 is 12.1 Å². The number of carboxylic acid groups (broad SMARTS) is 1. The normalized spacial score (nSPS) is 9.72. The summed E-state index contributed by atoms with van der Waals surface area (Å²) in [4.78, 5) is 37.7. The van der Waals surface area contributed by atoms with E-state index < -0.39 is 22.9 Å². The number of halogens is 1. The molecule has 0 fully saturated rings. The quantitative estimate of drug-likeness (QED) is 0.172. The van der Waals surface area contributed by atoms with Crippen molar-refractivity contribution in [1.82, 2.24) is 10.3 Å². The zero-order valence-corrected chi connectivity index (χ0v) is 21.0. The number of nitro benzene ring substituents is 1. The topological polar surface area (TPSA) is 152 Å². The van der Waals surface area contributed by atoms with Crippen molar-refractivity contribution in [3.8, 4) is 11.8 Å². The van der Waals surface area contributed by atoms with Crippen molar-refractivity contribution in [2.45, 2.75) is 6.42 Å². The molecule has 0 saturated heterocycles. The Morgan fingerprint density at radius 3 is 2.33 bits per heavy atom. The number of pyridine rings is 1. The third-order valence-electron chi connectivity index (χ3n) is 5.26. The van der Waals surface area contributed by atoms with Crippen LogP contribution in [0, 0.1) is 27.8 Å². The highest BCUT2D eigenvalue weighted by Crippen LogP contribution is 2.30. The molecule has 0 spiro atoms. The van der Waals surface area contributed by atoms with Gasteiger partial charge in [0.25, 0.3) is 5.69 Å². The first-order valence-corrected chi connectivity index (χ1v) is 11.8. The number of nitro groups is 1. The Morgan fingerprint density at radius 1 is 1.00 bits per heavy atom. The maximum atomic E-state index is 13.0. The number of hydrogen-bond acceptors (Lipinski definition) is 5. The SMILES string of the molecule is NC(=O)NCCc1cccnc1.O=C(O)N(c1ccccc1)c1ccc([N+](=O)[O-])c(C#Cc2ccc(F)cc2)c1. The third-order valence-corrected chi connectivity index (χ3v) is 5.26. The van der Waals surface area contributed by atoms with Gasteiger partial charge in [0.1, 0.15) is 11.4 Å². The number of rotatable bonds is 6. The van der Waals surface area contributed by atoms with Crippen LogP contribution in [0.1, 0.15) is 16.7 Å². The summed E-state index contributed by atoms with van der Waals surface area (Å²) >= 11 is 0. The smallest absolute Gasteiger partial charge is 0.416 e. The molecule has 1 heterocycles. The lowest BCUT2D eigenvalue weighted by atomic mass is 10.1. The van der Waals surface area contributed by atoms with Gasteiger partial charge in [0.2, 0.25) is 0 Å². The van der Waals surface area contributed by atoms with Crippen molar-refractivity contribution in [1.29, 1.82) is 0 Å². The zero-order chi connectivity index (χ0) is 28.9. The van der Waals surface area contributed by atoms with Crippen LogP contribution in [0.4, 0.5) is 31.0 Å². The molecule has 10 nitrogen and oxygen atoms in total. The number of nitrogens with zero attached hydrogens (tertiary/aromatic N) is 3. The van der Waals surface area contributed by atoms with Crippen molar-refractivity contribution in [2.24, 2.45) is 5.73 Å². The average molecular weight is 542 g/mol. The highest BCUT2D eigenvalue weighted by molar-refractivity contribution is 5.95. The van der Waals surface area contributed by atoms with Gasteiger partial charge < -0.3 is 16.2 Å². The lowest BCUT2D eigenvalue weighted by Gasteiger charge is -2.19. The molecule has 0 radical (unpaired) electrons. The van der Waals surface area contributed by atoms with E-state index in [9.17, 15) is 29.2 Å². The van der Waals surface area contributed by atoms with Crippen LogP contribution in [-0.2, 0) is 6.42 Å². The number of amides is 3. The molecule has 0 aliphatic rings. The van der Waals surface area contributed by atoms with Gasteiger partial charge in [-0.15, -0.1) is 0 Å². The van der Waals surface area contributed by atoms with E-state index in [1.165, 1.54) is 42.5 Å². The van der Waals surface area contributed by atoms with Gasteiger partial charge in [-0.05, 0) is 66.6 Å². The molecule has 0 bridgehead atoms. The highest BCUT2D eigenvalue weighted by Gasteiger charge is 2.20. The van der Waals surface area contributed by atoms with E-state index in [1.54, 1.807) is 42.7 Å².